The summed E-state index contributed by atoms with van der Waals surface area (Å²) in [4.78, 5) is 15.0. The van der Waals surface area contributed by atoms with Gasteiger partial charge in [0.1, 0.15) is 0 Å². The van der Waals surface area contributed by atoms with E-state index in [0.29, 0.717) is 11.4 Å². The minimum absolute atomic E-state index is 0.0853. The van der Waals surface area contributed by atoms with Crippen LogP contribution in [0.5, 0.6) is 0 Å². The lowest BCUT2D eigenvalue weighted by molar-refractivity contribution is -0.384. The molecule has 1 heterocycles. The maximum absolute atomic E-state index is 12.2. The Morgan fingerprint density at radius 2 is 1.59 bits per heavy atom. The van der Waals surface area contributed by atoms with Gasteiger partial charge in [0.15, 0.2) is 9.84 Å². The lowest BCUT2D eigenvalue weighted by Crippen LogP contribution is -2.46. The first-order valence-corrected chi connectivity index (χ1v) is 10.2. The van der Waals surface area contributed by atoms with Crippen LogP contribution in [0.25, 0.3) is 0 Å². The highest BCUT2D eigenvalue weighted by Crippen LogP contribution is 2.20. The van der Waals surface area contributed by atoms with E-state index in [2.05, 4.69) is 9.80 Å². The first-order chi connectivity index (χ1) is 13.0. The summed E-state index contributed by atoms with van der Waals surface area (Å²) in [5.41, 5.74) is 1.05. The Bertz CT molecular complexity index is 904. The molecule has 1 aliphatic rings. The number of hydrogen-bond donors (Lipinski definition) is 0. The molecule has 2 aromatic rings. The van der Waals surface area contributed by atoms with Gasteiger partial charge in [0.05, 0.1) is 9.82 Å². The Morgan fingerprint density at radius 1 is 0.963 bits per heavy atom. The number of rotatable bonds is 6. The molecule has 0 N–H and O–H groups in total. The van der Waals surface area contributed by atoms with E-state index in [-0.39, 0.29) is 5.69 Å². The Balaban J connectivity index is 1.51. The van der Waals surface area contributed by atoms with Gasteiger partial charge in [0.2, 0.25) is 0 Å². The molecule has 0 radical (unpaired) electrons. The van der Waals surface area contributed by atoms with E-state index in [1.54, 1.807) is 48.5 Å². The fraction of sp³-hybridized carbons (Fsp3) is 0.263. The second kappa shape index (κ2) is 8.32. The Kier molecular flexibility index (Phi) is 5.88. The van der Waals surface area contributed by atoms with Crippen LogP contribution >= 0.6 is 0 Å². The van der Waals surface area contributed by atoms with Gasteiger partial charge >= 0.3 is 0 Å². The highest BCUT2D eigenvalue weighted by atomic mass is 32.2. The van der Waals surface area contributed by atoms with Crippen LogP contribution < -0.4 is 4.90 Å². The SMILES string of the molecule is O=[N+]([O-])c1ccc(N2CCN(CC=CS(=O)(=O)c3ccccc3)CC2)cc1. The standard InChI is InChI=1S/C19H21N3O4S/c23-22(24)18-9-7-17(8-10-18)21-14-12-20(13-15-21)11-4-16-27(25,26)19-5-2-1-3-6-19/h1-10,16H,11-15H2. The van der Waals surface area contributed by atoms with E-state index in [1.807, 2.05) is 0 Å². The molecule has 2 aromatic carbocycles. The van der Waals surface area contributed by atoms with Gasteiger partial charge in [-0.05, 0) is 24.3 Å². The van der Waals surface area contributed by atoms with Gasteiger partial charge in [-0.15, -0.1) is 0 Å². The van der Waals surface area contributed by atoms with Crippen molar-refractivity contribution in [2.75, 3.05) is 37.6 Å². The fourth-order valence-corrected chi connectivity index (χ4v) is 4.01. The van der Waals surface area contributed by atoms with E-state index in [0.717, 1.165) is 31.9 Å². The van der Waals surface area contributed by atoms with Crippen molar-refractivity contribution in [2.24, 2.45) is 0 Å². The van der Waals surface area contributed by atoms with E-state index >= 15 is 0 Å². The van der Waals surface area contributed by atoms with Crippen molar-refractivity contribution in [1.29, 1.82) is 0 Å². The van der Waals surface area contributed by atoms with Gasteiger partial charge in [-0.25, -0.2) is 8.42 Å². The van der Waals surface area contributed by atoms with Crippen LogP contribution in [0.15, 0.2) is 71.0 Å². The lowest BCUT2D eigenvalue weighted by Gasteiger charge is -2.35. The van der Waals surface area contributed by atoms with Gasteiger partial charge < -0.3 is 4.90 Å². The average molecular weight is 387 g/mol. The maximum atomic E-state index is 12.2. The molecule has 0 unspecified atom stereocenters. The number of benzene rings is 2. The number of non-ortho nitro benzene ring substituents is 1. The van der Waals surface area contributed by atoms with Gasteiger partial charge in [0, 0.05) is 56.0 Å². The largest absolute Gasteiger partial charge is 0.369 e. The summed E-state index contributed by atoms with van der Waals surface area (Å²) in [5.74, 6) is 0. The van der Waals surface area contributed by atoms with Crippen LogP contribution in [0.2, 0.25) is 0 Å². The number of piperazine rings is 1. The molecular weight excluding hydrogens is 366 g/mol. The molecule has 3 rings (SSSR count). The highest BCUT2D eigenvalue weighted by Gasteiger charge is 2.17. The lowest BCUT2D eigenvalue weighted by atomic mass is 10.2. The third-order valence-corrected chi connectivity index (χ3v) is 5.99. The number of anilines is 1. The van der Waals surface area contributed by atoms with Crippen molar-refractivity contribution in [1.82, 2.24) is 4.90 Å². The van der Waals surface area contributed by atoms with E-state index in [9.17, 15) is 18.5 Å². The molecule has 0 bridgehead atoms. The van der Waals surface area contributed by atoms with Crippen LogP contribution in [0.4, 0.5) is 11.4 Å². The second-order valence-electron chi connectivity index (χ2n) is 6.29. The van der Waals surface area contributed by atoms with Crippen LogP contribution in [0, 0.1) is 10.1 Å². The molecule has 0 saturated carbocycles. The number of nitro groups is 1. The first-order valence-electron chi connectivity index (χ1n) is 8.64. The first kappa shape index (κ1) is 19.1. The average Bonchev–Trinajstić information content (AvgIpc) is 2.69. The summed E-state index contributed by atoms with van der Waals surface area (Å²) in [6.45, 7) is 3.74. The molecule has 0 spiro atoms. The fourth-order valence-electron chi connectivity index (χ4n) is 2.98. The third kappa shape index (κ3) is 4.93. The van der Waals surface area contributed by atoms with Crippen LogP contribution in [0.3, 0.4) is 0 Å². The summed E-state index contributed by atoms with van der Waals surface area (Å²) < 4.78 is 24.4. The zero-order valence-corrected chi connectivity index (χ0v) is 15.6. The molecule has 1 aliphatic heterocycles. The quantitative estimate of drug-likeness (QED) is 0.560. The highest BCUT2D eigenvalue weighted by molar-refractivity contribution is 7.94. The summed E-state index contributed by atoms with van der Waals surface area (Å²) in [6.07, 6.45) is 1.68. The number of hydrogen-bond acceptors (Lipinski definition) is 6. The van der Waals surface area contributed by atoms with Crippen LogP contribution in [-0.2, 0) is 9.84 Å². The second-order valence-corrected chi connectivity index (χ2v) is 8.12. The Hall–Kier alpha value is -2.71. The Labute approximate surface area is 158 Å². The zero-order chi connectivity index (χ0) is 19.3. The summed E-state index contributed by atoms with van der Waals surface area (Å²) in [6, 6.07) is 14.9. The molecule has 27 heavy (non-hydrogen) atoms. The molecule has 0 amide bonds. The summed E-state index contributed by atoms with van der Waals surface area (Å²) in [7, 11) is -3.40. The van der Waals surface area contributed by atoms with Gasteiger partial charge in [-0.3, -0.25) is 15.0 Å². The molecular formula is C19H21N3O4S. The van der Waals surface area contributed by atoms with E-state index in [4.69, 9.17) is 0 Å². The van der Waals surface area contributed by atoms with E-state index < -0.39 is 14.8 Å². The number of nitrogens with zero attached hydrogens (tertiary/aromatic N) is 3. The van der Waals surface area contributed by atoms with Crippen molar-refractivity contribution >= 4 is 21.2 Å². The van der Waals surface area contributed by atoms with Crippen molar-refractivity contribution < 1.29 is 13.3 Å². The molecule has 0 aromatic heterocycles. The van der Waals surface area contributed by atoms with Crippen molar-refractivity contribution in [3.8, 4) is 0 Å². The smallest absolute Gasteiger partial charge is 0.269 e. The molecule has 142 valence electrons. The van der Waals surface area contributed by atoms with Crippen molar-refractivity contribution in [3.05, 3.63) is 76.2 Å². The molecule has 1 fully saturated rings. The third-order valence-electron chi connectivity index (χ3n) is 4.51. The zero-order valence-electron chi connectivity index (χ0n) is 14.8. The molecule has 7 nitrogen and oxygen atoms in total. The van der Waals surface area contributed by atoms with Gasteiger partial charge in [-0.1, -0.05) is 24.3 Å². The minimum Gasteiger partial charge on any atom is -0.369 e. The van der Waals surface area contributed by atoms with Crippen LogP contribution in [0.1, 0.15) is 0 Å². The topological polar surface area (TPSA) is 83.8 Å². The van der Waals surface area contributed by atoms with Crippen molar-refractivity contribution in [3.63, 3.8) is 0 Å². The summed E-state index contributed by atoms with van der Waals surface area (Å²) in [5, 5.41) is 12.0. The maximum Gasteiger partial charge on any atom is 0.269 e. The summed E-state index contributed by atoms with van der Waals surface area (Å²) >= 11 is 0. The van der Waals surface area contributed by atoms with E-state index in [1.165, 1.54) is 17.5 Å². The van der Waals surface area contributed by atoms with Gasteiger partial charge in [0.25, 0.3) is 5.69 Å². The predicted octanol–water partition coefficient (Wildman–Crippen LogP) is 2.70. The van der Waals surface area contributed by atoms with Crippen molar-refractivity contribution in [2.45, 2.75) is 4.90 Å². The molecule has 8 heteroatoms. The predicted molar refractivity (Wildman–Crippen MR) is 105 cm³/mol. The monoisotopic (exact) mass is 387 g/mol. The number of sulfone groups is 1. The number of nitro benzene ring substituents is 1. The molecule has 0 atom stereocenters. The molecule has 1 saturated heterocycles. The minimum atomic E-state index is -3.40. The normalized spacial score (nSPS) is 15.9. The molecule has 0 aliphatic carbocycles. The Morgan fingerprint density at radius 3 is 2.19 bits per heavy atom. The van der Waals surface area contributed by atoms with Gasteiger partial charge in [-0.2, -0.15) is 0 Å². The van der Waals surface area contributed by atoms with Crippen LogP contribution in [-0.4, -0.2) is 51.0 Å².